The maximum absolute atomic E-state index is 12.8. The van der Waals surface area contributed by atoms with Crippen LogP contribution < -0.4 is 0 Å². The van der Waals surface area contributed by atoms with Gasteiger partial charge in [0.2, 0.25) is 0 Å². The number of halogens is 1. The molecule has 0 spiro atoms. The first-order valence-electron chi connectivity index (χ1n) is 5.63. The summed E-state index contributed by atoms with van der Waals surface area (Å²) >= 11 is 0. The molecule has 3 heteroatoms. The SMILES string of the molecule is CCCCOC(C)(CO)c1ccc(F)cc1. The van der Waals surface area contributed by atoms with Gasteiger partial charge in [0.15, 0.2) is 0 Å². The molecule has 0 aliphatic carbocycles. The molecule has 0 amide bonds. The van der Waals surface area contributed by atoms with Gasteiger partial charge in [-0.05, 0) is 31.0 Å². The number of aliphatic hydroxyl groups is 1. The molecule has 1 unspecified atom stereocenters. The van der Waals surface area contributed by atoms with E-state index in [1.807, 2.05) is 6.92 Å². The van der Waals surface area contributed by atoms with Gasteiger partial charge < -0.3 is 9.84 Å². The second-order valence-corrected chi connectivity index (χ2v) is 4.10. The highest BCUT2D eigenvalue weighted by Gasteiger charge is 2.26. The second-order valence-electron chi connectivity index (χ2n) is 4.10. The molecule has 1 atom stereocenters. The van der Waals surface area contributed by atoms with Gasteiger partial charge in [-0.25, -0.2) is 4.39 Å². The summed E-state index contributed by atoms with van der Waals surface area (Å²) in [6.45, 7) is 4.39. The van der Waals surface area contributed by atoms with Crippen LogP contribution in [0.5, 0.6) is 0 Å². The molecule has 0 radical (unpaired) electrons. The summed E-state index contributed by atoms with van der Waals surface area (Å²) in [6, 6.07) is 6.06. The maximum atomic E-state index is 12.8. The van der Waals surface area contributed by atoms with Crippen LogP contribution in [-0.2, 0) is 10.3 Å². The van der Waals surface area contributed by atoms with Gasteiger partial charge in [0.25, 0.3) is 0 Å². The van der Waals surface area contributed by atoms with Gasteiger partial charge in [-0.3, -0.25) is 0 Å². The van der Waals surface area contributed by atoms with E-state index in [0.29, 0.717) is 6.61 Å². The van der Waals surface area contributed by atoms with Crippen LogP contribution in [0.2, 0.25) is 0 Å². The highest BCUT2D eigenvalue weighted by molar-refractivity contribution is 5.22. The third-order valence-electron chi connectivity index (χ3n) is 2.68. The lowest BCUT2D eigenvalue weighted by atomic mass is 9.96. The summed E-state index contributed by atoms with van der Waals surface area (Å²) in [6.07, 6.45) is 2.00. The van der Waals surface area contributed by atoms with Gasteiger partial charge in [-0.2, -0.15) is 0 Å². The summed E-state index contributed by atoms with van der Waals surface area (Å²) in [5.41, 5.74) is 0.0654. The van der Waals surface area contributed by atoms with E-state index in [-0.39, 0.29) is 12.4 Å². The van der Waals surface area contributed by atoms with Crippen LogP contribution in [0.15, 0.2) is 24.3 Å². The van der Waals surface area contributed by atoms with Gasteiger partial charge in [-0.15, -0.1) is 0 Å². The number of unbranched alkanes of at least 4 members (excludes halogenated alkanes) is 1. The zero-order valence-corrected chi connectivity index (χ0v) is 9.87. The normalized spacial score (nSPS) is 14.8. The van der Waals surface area contributed by atoms with Crippen molar-refractivity contribution in [3.05, 3.63) is 35.6 Å². The zero-order valence-electron chi connectivity index (χ0n) is 9.87. The van der Waals surface area contributed by atoms with Crippen molar-refractivity contribution in [2.45, 2.75) is 32.3 Å². The van der Waals surface area contributed by atoms with Crippen LogP contribution in [-0.4, -0.2) is 18.3 Å². The summed E-state index contributed by atoms with van der Waals surface area (Å²) in [5.74, 6) is -0.280. The van der Waals surface area contributed by atoms with Crippen LogP contribution in [0.25, 0.3) is 0 Å². The monoisotopic (exact) mass is 226 g/mol. The molecule has 0 aliphatic heterocycles. The van der Waals surface area contributed by atoms with Crippen molar-refractivity contribution in [1.29, 1.82) is 0 Å². The van der Waals surface area contributed by atoms with E-state index in [1.54, 1.807) is 12.1 Å². The highest BCUT2D eigenvalue weighted by atomic mass is 19.1. The Hall–Kier alpha value is -0.930. The number of hydrogen-bond acceptors (Lipinski definition) is 2. The van der Waals surface area contributed by atoms with E-state index < -0.39 is 5.60 Å². The Morgan fingerprint density at radius 2 is 1.94 bits per heavy atom. The first-order chi connectivity index (χ1) is 7.62. The van der Waals surface area contributed by atoms with Gasteiger partial charge >= 0.3 is 0 Å². The first-order valence-corrected chi connectivity index (χ1v) is 5.63. The third kappa shape index (κ3) is 3.29. The fourth-order valence-corrected chi connectivity index (χ4v) is 1.46. The standard InChI is InChI=1S/C13H19FO2/c1-3-4-9-16-13(2,10-15)11-5-7-12(14)8-6-11/h5-8,15H,3-4,9-10H2,1-2H3. The van der Waals surface area contributed by atoms with E-state index >= 15 is 0 Å². The molecule has 0 saturated heterocycles. The summed E-state index contributed by atoms with van der Waals surface area (Å²) in [4.78, 5) is 0. The van der Waals surface area contributed by atoms with E-state index in [2.05, 4.69) is 6.92 Å². The molecule has 0 bridgehead atoms. The minimum Gasteiger partial charge on any atom is -0.393 e. The minimum absolute atomic E-state index is 0.109. The van der Waals surface area contributed by atoms with Crippen molar-refractivity contribution in [3.8, 4) is 0 Å². The smallest absolute Gasteiger partial charge is 0.123 e. The topological polar surface area (TPSA) is 29.5 Å². The average molecular weight is 226 g/mol. The molecule has 2 nitrogen and oxygen atoms in total. The van der Waals surface area contributed by atoms with E-state index in [9.17, 15) is 9.50 Å². The summed E-state index contributed by atoms with van der Waals surface area (Å²) in [7, 11) is 0. The fraction of sp³-hybridized carbons (Fsp3) is 0.538. The third-order valence-corrected chi connectivity index (χ3v) is 2.68. The number of benzene rings is 1. The Labute approximate surface area is 96.1 Å². The molecule has 1 N–H and O–H groups in total. The molecule has 1 rings (SSSR count). The lowest BCUT2D eigenvalue weighted by Gasteiger charge is -2.28. The Morgan fingerprint density at radius 3 is 2.44 bits per heavy atom. The Kier molecular flexibility index (Phi) is 4.90. The summed E-state index contributed by atoms with van der Waals surface area (Å²) < 4.78 is 18.5. The van der Waals surface area contributed by atoms with Crippen LogP contribution in [0.4, 0.5) is 4.39 Å². The van der Waals surface area contributed by atoms with Gasteiger partial charge in [0, 0.05) is 6.61 Å². The molecule has 1 aromatic rings. The van der Waals surface area contributed by atoms with Crippen LogP contribution >= 0.6 is 0 Å². The highest BCUT2D eigenvalue weighted by Crippen LogP contribution is 2.25. The molecule has 16 heavy (non-hydrogen) atoms. The molecule has 0 fully saturated rings. The Morgan fingerprint density at radius 1 is 1.31 bits per heavy atom. The van der Waals surface area contributed by atoms with Crippen molar-refractivity contribution < 1.29 is 14.2 Å². The molecule has 1 aromatic carbocycles. The molecule has 90 valence electrons. The lowest BCUT2D eigenvalue weighted by Crippen LogP contribution is -2.30. The first kappa shape index (κ1) is 13.1. The van der Waals surface area contributed by atoms with Crippen LogP contribution in [0, 0.1) is 5.82 Å². The second kappa shape index (κ2) is 5.97. The van der Waals surface area contributed by atoms with Crippen molar-refractivity contribution in [1.82, 2.24) is 0 Å². The van der Waals surface area contributed by atoms with Crippen molar-refractivity contribution in [3.63, 3.8) is 0 Å². The predicted molar refractivity (Wildman–Crippen MR) is 61.7 cm³/mol. The zero-order chi connectivity index (χ0) is 12.0. The molecule has 0 aromatic heterocycles. The maximum Gasteiger partial charge on any atom is 0.123 e. The fourth-order valence-electron chi connectivity index (χ4n) is 1.46. The Balaban J connectivity index is 2.74. The molecular formula is C13H19FO2. The lowest BCUT2D eigenvalue weighted by molar-refractivity contribution is -0.0729. The Bertz CT molecular complexity index is 310. The van der Waals surface area contributed by atoms with Crippen molar-refractivity contribution >= 4 is 0 Å². The van der Waals surface area contributed by atoms with Gasteiger partial charge in [0.05, 0.1) is 6.61 Å². The molecule has 0 saturated carbocycles. The van der Waals surface area contributed by atoms with Gasteiger partial charge in [-0.1, -0.05) is 25.5 Å². The van der Waals surface area contributed by atoms with Crippen LogP contribution in [0.3, 0.4) is 0 Å². The minimum atomic E-state index is -0.733. The summed E-state index contributed by atoms with van der Waals surface area (Å²) in [5, 5.41) is 9.39. The van der Waals surface area contributed by atoms with Crippen LogP contribution in [0.1, 0.15) is 32.3 Å². The number of ether oxygens (including phenoxy) is 1. The molecule has 0 heterocycles. The average Bonchev–Trinajstić information content (AvgIpc) is 2.30. The van der Waals surface area contributed by atoms with Gasteiger partial charge in [0.1, 0.15) is 11.4 Å². The van der Waals surface area contributed by atoms with Crippen molar-refractivity contribution in [2.75, 3.05) is 13.2 Å². The predicted octanol–water partition coefficient (Wildman–Crippen LogP) is 2.85. The number of hydrogen-bond donors (Lipinski definition) is 1. The van der Waals surface area contributed by atoms with E-state index in [1.165, 1.54) is 12.1 Å². The quantitative estimate of drug-likeness (QED) is 0.756. The van der Waals surface area contributed by atoms with Crippen molar-refractivity contribution in [2.24, 2.45) is 0 Å². The molecule has 0 aliphatic rings. The largest absolute Gasteiger partial charge is 0.393 e. The van der Waals surface area contributed by atoms with E-state index in [0.717, 1.165) is 18.4 Å². The number of aliphatic hydroxyl groups excluding tert-OH is 1. The molecular weight excluding hydrogens is 207 g/mol. The van der Waals surface area contributed by atoms with E-state index in [4.69, 9.17) is 4.74 Å². The number of rotatable bonds is 6.